The number of nitrogens with one attached hydrogen (secondary N) is 1. The number of rotatable bonds is 4. The summed E-state index contributed by atoms with van der Waals surface area (Å²) < 4.78 is 0. The minimum atomic E-state index is -0.806. The molecule has 17 heavy (non-hydrogen) atoms. The Morgan fingerprint density at radius 2 is 2.29 bits per heavy atom. The summed E-state index contributed by atoms with van der Waals surface area (Å²) in [6, 6.07) is -0.142. The summed E-state index contributed by atoms with van der Waals surface area (Å²) in [5.41, 5.74) is 0. The zero-order chi connectivity index (χ0) is 12.8. The van der Waals surface area contributed by atoms with Crippen LogP contribution < -0.4 is 5.32 Å². The lowest BCUT2D eigenvalue weighted by Crippen LogP contribution is -2.48. The highest BCUT2D eigenvalue weighted by atomic mass is 32.2. The molecule has 0 aliphatic carbocycles. The number of urea groups is 1. The Bertz CT molecular complexity index is 286. The fraction of sp³-hybridized carbons (Fsp3) is 0.818. The molecule has 6 heteroatoms. The van der Waals surface area contributed by atoms with Crippen molar-refractivity contribution in [1.29, 1.82) is 0 Å². The molecule has 5 nitrogen and oxygen atoms in total. The second kappa shape index (κ2) is 6.74. The maximum absolute atomic E-state index is 11.8. The zero-order valence-electron chi connectivity index (χ0n) is 10.3. The molecular formula is C11H20N2O3S. The molecule has 2 N–H and O–H groups in total. The lowest BCUT2D eigenvalue weighted by Gasteiger charge is -2.31. The van der Waals surface area contributed by atoms with Gasteiger partial charge >= 0.3 is 12.0 Å². The molecule has 1 fully saturated rings. The molecule has 1 rings (SSSR count). The number of hydrogen-bond donors (Lipinski definition) is 2. The smallest absolute Gasteiger partial charge is 0.317 e. The third kappa shape index (κ3) is 4.46. The van der Waals surface area contributed by atoms with Crippen LogP contribution in [0, 0.1) is 5.92 Å². The van der Waals surface area contributed by atoms with Gasteiger partial charge in [0.2, 0.25) is 0 Å². The van der Waals surface area contributed by atoms with E-state index >= 15 is 0 Å². The normalized spacial score (nSPS) is 22.0. The minimum Gasteiger partial charge on any atom is -0.481 e. The molecule has 1 saturated heterocycles. The number of nitrogens with zero attached hydrogens (tertiary/aromatic N) is 1. The Labute approximate surface area is 106 Å². The average Bonchev–Trinajstić information content (AvgIpc) is 2.35. The molecule has 98 valence electrons. The first-order chi connectivity index (χ1) is 8.04. The predicted octanol–water partition coefficient (Wildman–Crippen LogP) is 1.24. The Morgan fingerprint density at radius 3 is 2.88 bits per heavy atom. The highest BCUT2D eigenvalue weighted by molar-refractivity contribution is 7.99. The number of piperidine rings is 1. The first kappa shape index (κ1) is 14.2. The molecule has 0 aromatic heterocycles. The van der Waals surface area contributed by atoms with E-state index in [1.807, 2.05) is 13.2 Å². The minimum absolute atomic E-state index is 0.142. The average molecular weight is 260 g/mol. The van der Waals surface area contributed by atoms with Crippen molar-refractivity contribution in [2.75, 3.05) is 25.9 Å². The number of carboxylic acids is 1. The van der Waals surface area contributed by atoms with Gasteiger partial charge in [-0.05, 0) is 19.1 Å². The molecule has 0 aromatic rings. The van der Waals surface area contributed by atoms with Gasteiger partial charge in [-0.25, -0.2) is 4.79 Å². The van der Waals surface area contributed by atoms with Crippen LogP contribution in [0.4, 0.5) is 4.79 Å². The van der Waals surface area contributed by atoms with Crippen LogP contribution in [-0.2, 0) is 4.79 Å². The standard InChI is InChI=1S/C11H20N2O3S/c1-8(17-2)6-12-11(16)13-5-3-4-9(7-13)10(14)15/h8-9H,3-7H2,1-2H3,(H,12,16)(H,14,15)/t8?,9-/m1/s1. The van der Waals surface area contributed by atoms with Crippen molar-refractivity contribution in [2.24, 2.45) is 5.92 Å². The van der Waals surface area contributed by atoms with E-state index in [2.05, 4.69) is 5.32 Å². The number of thioether (sulfide) groups is 1. The van der Waals surface area contributed by atoms with E-state index in [1.165, 1.54) is 0 Å². The molecule has 1 unspecified atom stereocenters. The van der Waals surface area contributed by atoms with Crippen LogP contribution in [0.1, 0.15) is 19.8 Å². The van der Waals surface area contributed by atoms with Crippen molar-refractivity contribution in [3.63, 3.8) is 0 Å². The Balaban J connectivity index is 2.38. The van der Waals surface area contributed by atoms with Gasteiger partial charge in [0.05, 0.1) is 5.92 Å². The fourth-order valence-corrected chi connectivity index (χ4v) is 2.04. The van der Waals surface area contributed by atoms with Crippen LogP contribution in [0.2, 0.25) is 0 Å². The van der Waals surface area contributed by atoms with Gasteiger partial charge in [0.1, 0.15) is 0 Å². The van der Waals surface area contributed by atoms with Crippen LogP contribution in [0.25, 0.3) is 0 Å². The number of carboxylic acid groups (broad SMARTS) is 1. The van der Waals surface area contributed by atoms with E-state index < -0.39 is 11.9 Å². The molecule has 0 aromatic carbocycles. The Hall–Kier alpha value is -0.910. The van der Waals surface area contributed by atoms with Gasteiger partial charge < -0.3 is 15.3 Å². The molecule has 2 atom stereocenters. The summed E-state index contributed by atoms with van der Waals surface area (Å²) in [7, 11) is 0. The topological polar surface area (TPSA) is 69.6 Å². The predicted molar refractivity (Wildman–Crippen MR) is 68.3 cm³/mol. The highest BCUT2D eigenvalue weighted by Gasteiger charge is 2.27. The largest absolute Gasteiger partial charge is 0.481 e. The molecule has 0 saturated carbocycles. The number of carbonyl (C=O) groups is 2. The monoisotopic (exact) mass is 260 g/mol. The lowest BCUT2D eigenvalue weighted by atomic mass is 9.99. The van der Waals surface area contributed by atoms with Crippen molar-refractivity contribution in [3.05, 3.63) is 0 Å². The van der Waals surface area contributed by atoms with Gasteiger partial charge in [-0.1, -0.05) is 6.92 Å². The summed E-state index contributed by atoms with van der Waals surface area (Å²) in [6.45, 7) is 3.65. The summed E-state index contributed by atoms with van der Waals surface area (Å²) in [5, 5.41) is 12.1. The van der Waals surface area contributed by atoms with Crippen LogP contribution in [0.15, 0.2) is 0 Å². The SMILES string of the molecule is CSC(C)CNC(=O)N1CCC[C@@H](C(=O)O)C1. The Kier molecular flexibility index (Phi) is 5.61. The molecule has 1 aliphatic rings. The van der Waals surface area contributed by atoms with Crippen LogP contribution >= 0.6 is 11.8 Å². The highest BCUT2D eigenvalue weighted by Crippen LogP contribution is 2.16. The molecule has 0 spiro atoms. The van der Waals surface area contributed by atoms with Crippen molar-refractivity contribution in [1.82, 2.24) is 10.2 Å². The van der Waals surface area contributed by atoms with E-state index in [1.54, 1.807) is 16.7 Å². The third-order valence-electron chi connectivity index (χ3n) is 3.00. The van der Waals surface area contributed by atoms with Crippen LogP contribution in [0.5, 0.6) is 0 Å². The van der Waals surface area contributed by atoms with Crippen molar-refractivity contribution in [3.8, 4) is 0 Å². The van der Waals surface area contributed by atoms with Gasteiger partial charge in [-0.2, -0.15) is 11.8 Å². The Morgan fingerprint density at radius 1 is 1.59 bits per heavy atom. The first-order valence-corrected chi connectivity index (χ1v) is 7.11. The van der Waals surface area contributed by atoms with E-state index in [9.17, 15) is 9.59 Å². The van der Waals surface area contributed by atoms with Gasteiger partial charge in [-0.3, -0.25) is 4.79 Å². The van der Waals surface area contributed by atoms with Gasteiger partial charge in [-0.15, -0.1) is 0 Å². The van der Waals surface area contributed by atoms with Gasteiger partial charge in [0, 0.05) is 24.9 Å². The van der Waals surface area contributed by atoms with E-state index in [-0.39, 0.29) is 6.03 Å². The maximum Gasteiger partial charge on any atom is 0.317 e. The van der Waals surface area contributed by atoms with Gasteiger partial charge in [0.15, 0.2) is 0 Å². The molecule has 1 aliphatic heterocycles. The van der Waals surface area contributed by atoms with Crippen molar-refractivity contribution in [2.45, 2.75) is 25.0 Å². The van der Waals surface area contributed by atoms with Crippen LogP contribution in [0.3, 0.4) is 0 Å². The molecule has 1 heterocycles. The quantitative estimate of drug-likeness (QED) is 0.798. The first-order valence-electron chi connectivity index (χ1n) is 5.83. The maximum atomic E-state index is 11.8. The lowest BCUT2D eigenvalue weighted by molar-refractivity contribution is -0.143. The number of carbonyl (C=O) groups excluding carboxylic acids is 1. The summed E-state index contributed by atoms with van der Waals surface area (Å²) in [4.78, 5) is 24.3. The second-order valence-electron chi connectivity index (χ2n) is 4.36. The fourth-order valence-electron chi connectivity index (χ4n) is 1.79. The molecule has 0 bridgehead atoms. The number of amides is 2. The van der Waals surface area contributed by atoms with Crippen molar-refractivity contribution >= 4 is 23.8 Å². The van der Waals surface area contributed by atoms with Crippen molar-refractivity contribution < 1.29 is 14.7 Å². The van der Waals surface area contributed by atoms with E-state index in [0.29, 0.717) is 31.3 Å². The third-order valence-corrected chi connectivity index (χ3v) is 3.97. The van der Waals surface area contributed by atoms with Gasteiger partial charge in [0.25, 0.3) is 0 Å². The summed E-state index contributed by atoms with van der Waals surface area (Å²) >= 11 is 1.69. The van der Waals surface area contributed by atoms with E-state index in [4.69, 9.17) is 5.11 Å². The number of aliphatic carboxylic acids is 1. The van der Waals surface area contributed by atoms with Crippen LogP contribution in [-0.4, -0.2) is 53.1 Å². The van der Waals surface area contributed by atoms with E-state index in [0.717, 1.165) is 6.42 Å². The zero-order valence-corrected chi connectivity index (χ0v) is 11.1. The molecule has 2 amide bonds. The molecule has 0 radical (unpaired) electrons. The summed E-state index contributed by atoms with van der Waals surface area (Å²) in [5.74, 6) is -1.22. The number of hydrogen-bond acceptors (Lipinski definition) is 3. The summed E-state index contributed by atoms with van der Waals surface area (Å²) in [6.07, 6.45) is 3.43. The second-order valence-corrected chi connectivity index (χ2v) is 5.63. The molecular weight excluding hydrogens is 240 g/mol. The number of likely N-dealkylation sites (tertiary alicyclic amines) is 1.